The number of fused-ring (bicyclic) bond motifs is 3. The Kier molecular flexibility index (Phi) is 3.92. The van der Waals surface area contributed by atoms with Crippen LogP contribution in [0.5, 0.6) is 0 Å². The van der Waals surface area contributed by atoms with E-state index in [4.69, 9.17) is 0 Å². The third kappa shape index (κ3) is 2.98. The highest BCUT2D eigenvalue weighted by Gasteiger charge is 2.39. The number of tetrazole rings is 1. The van der Waals surface area contributed by atoms with Gasteiger partial charge >= 0.3 is 6.03 Å². The summed E-state index contributed by atoms with van der Waals surface area (Å²) in [7, 11) is 1.71. The molecule has 2 amide bonds. The van der Waals surface area contributed by atoms with Crippen molar-refractivity contribution >= 4 is 6.03 Å². The second-order valence-corrected chi connectivity index (χ2v) is 6.82. The molecule has 1 aromatic heterocycles. The lowest BCUT2D eigenvalue weighted by molar-refractivity contribution is 0.228. The van der Waals surface area contributed by atoms with E-state index in [2.05, 4.69) is 50.3 Å². The van der Waals surface area contributed by atoms with Crippen molar-refractivity contribution in [3.63, 3.8) is 0 Å². The number of nitrogens with one attached hydrogen (secondary N) is 2. The van der Waals surface area contributed by atoms with Gasteiger partial charge in [-0.05, 0) is 53.9 Å². The molecule has 7 heteroatoms. The molecule has 2 atom stereocenters. The maximum Gasteiger partial charge on any atom is 0.315 e. The Morgan fingerprint density at radius 2 is 1.88 bits per heavy atom. The largest absolute Gasteiger partial charge is 0.335 e. The van der Waals surface area contributed by atoms with E-state index >= 15 is 0 Å². The molecule has 126 valence electrons. The lowest BCUT2D eigenvalue weighted by Gasteiger charge is -2.23. The van der Waals surface area contributed by atoms with Crippen molar-refractivity contribution in [2.75, 3.05) is 0 Å². The van der Waals surface area contributed by atoms with E-state index in [9.17, 15) is 4.79 Å². The number of urea groups is 1. The fourth-order valence-corrected chi connectivity index (χ4v) is 4.14. The molecule has 2 aliphatic rings. The summed E-state index contributed by atoms with van der Waals surface area (Å²) < 4.78 is 0. The second-order valence-electron chi connectivity index (χ2n) is 6.82. The molecule has 2 aliphatic carbocycles. The third-order valence-electron chi connectivity index (χ3n) is 5.26. The number of benzene rings is 1. The van der Waals surface area contributed by atoms with E-state index in [1.807, 2.05) is 0 Å². The van der Waals surface area contributed by atoms with Crippen LogP contribution >= 0.6 is 0 Å². The van der Waals surface area contributed by atoms with Crippen LogP contribution in [0, 0.1) is 11.8 Å². The number of hydrogen-bond acceptors (Lipinski definition) is 4. The first kappa shape index (κ1) is 15.1. The number of carbonyl (C=O) groups is 1. The fraction of sp³-hybridized carbons (Fsp3) is 0.529. The van der Waals surface area contributed by atoms with E-state index in [1.54, 1.807) is 7.05 Å². The van der Waals surface area contributed by atoms with Gasteiger partial charge in [0.05, 0.1) is 13.6 Å². The maximum absolute atomic E-state index is 12.3. The Morgan fingerprint density at radius 3 is 2.46 bits per heavy atom. The van der Waals surface area contributed by atoms with Crippen LogP contribution in [0.15, 0.2) is 24.3 Å². The molecule has 2 bridgehead atoms. The van der Waals surface area contributed by atoms with E-state index in [0.717, 1.165) is 12.8 Å². The van der Waals surface area contributed by atoms with Gasteiger partial charge in [-0.25, -0.2) is 4.79 Å². The van der Waals surface area contributed by atoms with Gasteiger partial charge in [-0.2, -0.15) is 4.80 Å². The standard InChI is InChI=1S/C17H22N6O/c1-23-21-15(20-22-23)10-18-17(24)19-16-13-6-7-14(16)9-12-5-3-2-4-11(12)8-13/h2-5,13-14,16H,6-10H2,1H3,(H2,18,19,24). The van der Waals surface area contributed by atoms with Crippen molar-refractivity contribution in [3.05, 3.63) is 41.2 Å². The highest BCUT2D eigenvalue weighted by Crippen LogP contribution is 2.39. The van der Waals surface area contributed by atoms with Gasteiger partial charge in [0.2, 0.25) is 0 Å². The number of carbonyl (C=O) groups excluding carboxylic acids is 1. The van der Waals surface area contributed by atoms with Crippen LogP contribution in [0.4, 0.5) is 4.79 Å². The lowest BCUT2D eigenvalue weighted by atomic mass is 9.94. The highest BCUT2D eigenvalue weighted by atomic mass is 16.2. The lowest BCUT2D eigenvalue weighted by Crippen LogP contribution is -2.46. The summed E-state index contributed by atoms with van der Waals surface area (Å²) in [6.07, 6.45) is 4.50. The number of amides is 2. The number of aromatic nitrogens is 4. The number of hydrogen-bond donors (Lipinski definition) is 2. The van der Waals surface area contributed by atoms with Gasteiger partial charge in [0.15, 0.2) is 5.82 Å². The molecule has 0 aliphatic heterocycles. The summed E-state index contributed by atoms with van der Waals surface area (Å²) >= 11 is 0. The summed E-state index contributed by atoms with van der Waals surface area (Å²) in [6.45, 7) is 0.294. The summed E-state index contributed by atoms with van der Waals surface area (Å²) in [6, 6.07) is 8.78. The molecule has 0 saturated heterocycles. The van der Waals surface area contributed by atoms with Gasteiger partial charge in [-0.1, -0.05) is 24.3 Å². The Balaban J connectivity index is 1.39. The molecule has 1 fully saturated rings. The van der Waals surface area contributed by atoms with Gasteiger partial charge in [0.1, 0.15) is 0 Å². The first-order chi connectivity index (χ1) is 11.7. The van der Waals surface area contributed by atoms with Gasteiger partial charge < -0.3 is 10.6 Å². The van der Waals surface area contributed by atoms with Gasteiger partial charge in [-0.3, -0.25) is 0 Å². The Bertz CT molecular complexity index is 709. The summed E-state index contributed by atoms with van der Waals surface area (Å²) in [4.78, 5) is 13.7. The van der Waals surface area contributed by atoms with Gasteiger partial charge in [-0.15, -0.1) is 10.2 Å². The molecule has 0 radical (unpaired) electrons. The van der Waals surface area contributed by atoms with E-state index < -0.39 is 0 Å². The Morgan fingerprint density at radius 1 is 1.21 bits per heavy atom. The van der Waals surface area contributed by atoms with Crippen molar-refractivity contribution in [3.8, 4) is 0 Å². The van der Waals surface area contributed by atoms with E-state index in [-0.39, 0.29) is 12.1 Å². The SMILES string of the molecule is Cn1nnc(CNC(=O)NC2C3CCC2Cc2ccccc2C3)n1. The molecular formula is C17H22N6O. The minimum Gasteiger partial charge on any atom is -0.335 e. The number of nitrogens with zero attached hydrogens (tertiary/aromatic N) is 4. The first-order valence-corrected chi connectivity index (χ1v) is 8.53. The molecule has 24 heavy (non-hydrogen) atoms. The summed E-state index contributed by atoms with van der Waals surface area (Å²) in [5.41, 5.74) is 2.89. The molecule has 2 aromatic rings. The molecule has 1 heterocycles. The predicted octanol–water partition coefficient (Wildman–Crippen LogP) is 1.20. The fourth-order valence-electron chi connectivity index (χ4n) is 4.14. The average molecular weight is 326 g/mol. The Labute approximate surface area is 140 Å². The van der Waals surface area contributed by atoms with Crippen LogP contribution < -0.4 is 10.6 Å². The van der Waals surface area contributed by atoms with Crippen molar-refractivity contribution in [2.45, 2.75) is 38.3 Å². The smallest absolute Gasteiger partial charge is 0.315 e. The van der Waals surface area contributed by atoms with Crippen molar-refractivity contribution in [1.29, 1.82) is 0 Å². The first-order valence-electron chi connectivity index (χ1n) is 8.53. The zero-order chi connectivity index (χ0) is 16.5. The minimum atomic E-state index is -0.143. The zero-order valence-electron chi connectivity index (χ0n) is 13.8. The third-order valence-corrected chi connectivity index (χ3v) is 5.26. The van der Waals surface area contributed by atoms with Crippen LogP contribution in [0.25, 0.3) is 0 Å². The van der Waals surface area contributed by atoms with Crippen molar-refractivity contribution < 1.29 is 4.79 Å². The molecular weight excluding hydrogens is 304 g/mol. The highest BCUT2D eigenvalue weighted by molar-refractivity contribution is 5.74. The molecule has 7 nitrogen and oxygen atoms in total. The number of aryl methyl sites for hydroxylation is 1. The Hall–Kier alpha value is -2.44. The van der Waals surface area contributed by atoms with Crippen LogP contribution in [0.1, 0.15) is 29.8 Å². The van der Waals surface area contributed by atoms with E-state index in [1.165, 1.54) is 28.8 Å². The van der Waals surface area contributed by atoms with Crippen LogP contribution in [0.2, 0.25) is 0 Å². The normalized spacial score (nSPS) is 25.0. The summed E-state index contributed by atoms with van der Waals surface area (Å²) in [5.74, 6) is 1.57. The van der Waals surface area contributed by atoms with Gasteiger partial charge in [0.25, 0.3) is 0 Å². The predicted molar refractivity (Wildman–Crippen MR) is 88.0 cm³/mol. The monoisotopic (exact) mass is 326 g/mol. The van der Waals surface area contributed by atoms with Crippen molar-refractivity contribution in [1.82, 2.24) is 30.8 Å². The molecule has 4 rings (SSSR count). The topological polar surface area (TPSA) is 84.7 Å². The molecule has 2 unspecified atom stereocenters. The molecule has 2 N–H and O–H groups in total. The number of rotatable bonds is 3. The van der Waals surface area contributed by atoms with E-state index in [0.29, 0.717) is 24.2 Å². The molecule has 1 saturated carbocycles. The zero-order valence-corrected chi connectivity index (χ0v) is 13.8. The average Bonchev–Trinajstić information content (AvgIpc) is 3.09. The molecule has 1 aromatic carbocycles. The minimum absolute atomic E-state index is 0.143. The summed E-state index contributed by atoms with van der Waals surface area (Å²) in [5, 5.41) is 17.7. The van der Waals surface area contributed by atoms with Crippen LogP contribution in [-0.4, -0.2) is 32.3 Å². The second kappa shape index (κ2) is 6.22. The van der Waals surface area contributed by atoms with Crippen LogP contribution in [0.3, 0.4) is 0 Å². The molecule has 0 spiro atoms. The van der Waals surface area contributed by atoms with Gasteiger partial charge in [0, 0.05) is 6.04 Å². The van der Waals surface area contributed by atoms with Crippen molar-refractivity contribution in [2.24, 2.45) is 18.9 Å². The maximum atomic E-state index is 12.3. The quantitative estimate of drug-likeness (QED) is 0.888. The van der Waals surface area contributed by atoms with Crippen LogP contribution in [-0.2, 0) is 26.4 Å².